The Hall–Kier alpha value is -3.95. The second-order valence-corrected chi connectivity index (χ2v) is 8.40. The van der Waals surface area contributed by atoms with Crippen molar-refractivity contribution < 1.29 is 29.3 Å². The number of nitrogens with one attached hydrogen (secondary N) is 1. The Bertz CT molecular complexity index is 1300. The topological polar surface area (TPSA) is 144 Å². The lowest BCUT2D eigenvalue weighted by Gasteiger charge is -2.29. The number of carbonyl (C=O) groups excluding carboxylic acids is 3. The Morgan fingerprint density at radius 2 is 1.94 bits per heavy atom. The molecule has 1 atom stereocenters. The van der Waals surface area contributed by atoms with E-state index in [0.29, 0.717) is 24.5 Å². The van der Waals surface area contributed by atoms with Crippen molar-refractivity contribution in [2.75, 3.05) is 6.54 Å². The number of nitrogens with zero attached hydrogens (tertiary/aromatic N) is 3. The minimum absolute atomic E-state index is 0.00420. The summed E-state index contributed by atoms with van der Waals surface area (Å²) in [4.78, 5) is 42.9. The van der Waals surface area contributed by atoms with Crippen molar-refractivity contribution in [3.8, 4) is 17.2 Å². The standard InChI is InChI=1S/C23H24N4O6/c1-10-19(30)17(12(3)28)21-18(20(10)31)23(4)14(33-21)8-13(29)16(22(23)32)11(2)24-7-6-15-25-9-27(5)26-15/h8-9,24,30-31H,6-7H2,1-5H3/b16-11+/t23-/m0/s1. The molecule has 10 nitrogen and oxygen atoms in total. The van der Waals surface area contributed by atoms with Crippen molar-refractivity contribution in [2.45, 2.75) is 39.5 Å². The molecule has 2 aromatic rings. The van der Waals surface area contributed by atoms with Crippen LogP contribution in [0.5, 0.6) is 17.2 Å². The molecule has 2 aliphatic rings. The van der Waals surface area contributed by atoms with Crippen molar-refractivity contribution in [1.82, 2.24) is 20.1 Å². The van der Waals surface area contributed by atoms with E-state index in [1.165, 1.54) is 26.8 Å². The van der Waals surface area contributed by atoms with Crippen molar-refractivity contribution in [2.24, 2.45) is 7.05 Å². The number of Topliss-reactive ketones (excluding diaryl/α,β-unsaturated/α-hetero) is 2. The summed E-state index contributed by atoms with van der Waals surface area (Å²) in [6.45, 7) is 6.24. The molecule has 1 aromatic carbocycles. The fourth-order valence-corrected chi connectivity index (χ4v) is 4.31. The number of rotatable bonds is 5. The van der Waals surface area contributed by atoms with Gasteiger partial charge in [0, 0.05) is 37.3 Å². The summed E-state index contributed by atoms with van der Waals surface area (Å²) < 4.78 is 7.33. The molecule has 2 heterocycles. The Morgan fingerprint density at radius 1 is 1.24 bits per heavy atom. The number of phenols is 2. The lowest BCUT2D eigenvalue weighted by Crippen LogP contribution is -2.41. The van der Waals surface area contributed by atoms with E-state index in [1.54, 1.807) is 25.0 Å². The quantitative estimate of drug-likeness (QED) is 0.349. The van der Waals surface area contributed by atoms with E-state index in [-0.39, 0.29) is 39.5 Å². The summed E-state index contributed by atoms with van der Waals surface area (Å²) in [7, 11) is 1.76. The van der Waals surface area contributed by atoms with Crippen molar-refractivity contribution in [3.05, 3.63) is 51.9 Å². The van der Waals surface area contributed by atoms with Crippen LogP contribution in [-0.2, 0) is 28.5 Å². The van der Waals surface area contributed by atoms with Crippen LogP contribution in [0.3, 0.4) is 0 Å². The lowest BCUT2D eigenvalue weighted by atomic mass is 9.70. The molecule has 172 valence electrons. The molecule has 0 unspecified atom stereocenters. The zero-order valence-corrected chi connectivity index (χ0v) is 18.9. The molecule has 33 heavy (non-hydrogen) atoms. The predicted molar refractivity (Wildman–Crippen MR) is 116 cm³/mol. The van der Waals surface area contributed by atoms with E-state index in [2.05, 4.69) is 15.4 Å². The number of ketones is 3. The van der Waals surface area contributed by atoms with Crippen LogP contribution in [-0.4, -0.2) is 48.9 Å². The summed E-state index contributed by atoms with van der Waals surface area (Å²) in [6.07, 6.45) is 3.26. The highest BCUT2D eigenvalue weighted by atomic mass is 16.5. The first-order valence-electron chi connectivity index (χ1n) is 10.4. The minimum Gasteiger partial charge on any atom is -0.507 e. The van der Waals surface area contributed by atoms with Crippen LogP contribution in [0.4, 0.5) is 0 Å². The van der Waals surface area contributed by atoms with Crippen molar-refractivity contribution in [1.29, 1.82) is 0 Å². The van der Waals surface area contributed by atoms with Crippen LogP contribution < -0.4 is 10.1 Å². The summed E-state index contributed by atoms with van der Waals surface area (Å²) in [5.41, 5.74) is -1.25. The maximum Gasteiger partial charge on any atom is 0.194 e. The summed E-state index contributed by atoms with van der Waals surface area (Å²) in [6, 6.07) is 0. The van der Waals surface area contributed by atoms with Gasteiger partial charge in [0.1, 0.15) is 40.3 Å². The predicted octanol–water partition coefficient (Wildman–Crippen LogP) is 1.53. The van der Waals surface area contributed by atoms with Gasteiger partial charge in [0.25, 0.3) is 0 Å². The van der Waals surface area contributed by atoms with Gasteiger partial charge in [0.15, 0.2) is 23.2 Å². The highest BCUT2D eigenvalue weighted by Crippen LogP contribution is 2.57. The van der Waals surface area contributed by atoms with Gasteiger partial charge in [0.2, 0.25) is 0 Å². The fraction of sp³-hybridized carbons (Fsp3) is 0.348. The molecule has 0 bridgehead atoms. The highest BCUT2D eigenvalue weighted by Gasteiger charge is 2.56. The smallest absolute Gasteiger partial charge is 0.194 e. The van der Waals surface area contributed by atoms with E-state index in [9.17, 15) is 24.6 Å². The average Bonchev–Trinajstić information content (AvgIpc) is 3.27. The van der Waals surface area contributed by atoms with Crippen LogP contribution in [0.25, 0.3) is 0 Å². The van der Waals surface area contributed by atoms with Gasteiger partial charge in [-0.1, -0.05) is 0 Å². The van der Waals surface area contributed by atoms with Crippen LogP contribution in [0, 0.1) is 6.92 Å². The molecule has 0 fully saturated rings. The number of aryl methyl sites for hydroxylation is 1. The fourth-order valence-electron chi connectivity index (χ4n) is 4.31. The molecule has 0 amide bonds. The SMILES string of the molecule is CC(=O)c1c(O)c(C)c(O)c2c1OC1=CC(=O)/C(=C(/C)NCCc3ncn(C)n3)C(=O)[C@@]12C. The number of carbonyl (C=O) groups is 3. The van der Waals surface area contributed by atoms with E-state index < -0.39 is 28.5 Å². The number of allylic oxidation sites excluding steroid dienone is 4. The molecule has 1 aliphatic heterocycles. The maximum absolute atomic E-state index is 13.7. The molecule has 3 N–H and O–H groups in total. The number of benzene rings is 1. The Kier molecular flexibility index (Phi) is 5.11. The van der Waals surface area contributed by atoms with Crippen LogP contribution in [0.2, 0.25) is 0 Å². The Labute approximate surface area is 189 Å². The van der Waals surface area contributed by atoms with Gasteiger partial charge in [0.05, 0.1) is 11.1 Å². The molecule has 4 rings (SSSR count). The van der Waals surface area contributed by atoms with Gasteiger partial charge in [-0.25, -0.2) is 4.98 Å². The normalized spacial score (nSPS) is 20.7. The van der Waals surface area contributed by atoms with Gasteiger partial charge in [-0.2, -0.15) is 5.10 Å². The first-order chi connectivity index (χ1) is 15.5. The summed E-state index contributed by atoms with van der Waals surface area (Å²) in [5.74, 6) is -1.87. The minimum atomic E-state index is -1.53. The third kappa shape index (κ3) is 3.21. The Morgan fingerprint density at radius 3 is 2.55 bits per heavy atom. The molecular formula is C23H24N4O6. The lowest BCUT2D eigenvalue weighted by molar-refractivity contribution is -0.123. The third-order valence-electron chi connectivity index (χ3n) is 6.15. The number of phenolic OH excluding ortho intramolecular Hbond substituents is 2. The zero-order valence-electron chi connectivity index (χ0n) is 18.9. The number of hydrogen-bond acceptors (Lipinski definition) is 9. The van der Waals surface area contributed by atoms with Gasteiger partial charge < -0.3 is 20.3 Å². The molecule has 0 saturated heterocycles. The Balaban J connectivity index is 1.76. The number of fused-ring (bicyclic) bond motifs is 3. The van der Waals surface area contributed by atoms with Crippen LogP contribution >= 0.6 is 0 Å². The second kappa shape index (κ2) is 7.58. The third-order valence-corrected chi connectivity index (χ3v) is 6.15. The van der Waals surface area contributed by atoms with E-state index in [1.807, 2.05) is 0 Å². The van der Waals surface area contributed by atoms with Gasteiger partial charge in [-0.15, -0.1) is 0 Å². The molecular weight excluding hydrogens is 428 g/mol. The highest BCUT2D eigenvalue weighted by molar-refractivity contribution is 6.31. The molecule has 0 spiro atoms. The van der Waals surface area contributed by atoms with E-state index in [4.69, 9.17) is 4.74 Å². The second-order valence-electron chi connectivity index (χ2n) is 8.40. The maximum atomic E-state index is 13.7. The number of ether oxygens (including phenoxy) is 1. The van der Waals surface area contributed by atoms with E-state index in [0.717, 1.165) is 0 Å². The van der Waals surface area contributed by atoms with Gasteiger partial charge >= 0.3 is 0 Å². The number of aromatic hydroxyl groups is 2. The van der Waals surface area contributed by atoms with Gasteiger partial charge in [-0.05, 0) is 27.7 Å². The van der Waals surface area contributed by atoms with Crippen molar-refractivity contribution >= 4 is 17.3 Å². The number of hydrogen-bond donors (Lipinski definition) is 3. The number of aromatic nitrogens is 3. The van der Waals surface area contributed by atoms with Crippen molar-refractivity contribution in [3.63, 3.8) is 0 Å². The van der Waals surface area contributed by atoms with Crippen LogP contribution in [0.1, 0.15) is 48.1 Å². The first kappa shape index (κ1) is 22.3. The van der Waals surface area contributed by atoms with Gasteiger partial charge in [-0.3, -0.25) is 19.1 Å². The van der Waals surface area contributed by atoms with Crippen LogP contribution in [0.15, 0.2) is 29.4 Å². The summed E-state index contributed by atoms with van der Waals surface area (Å²) >= 11 is 0. The molecule has 1 aromatic heterocycles. The zero-order chi connectivity index (χ0) is 24.2. The largest absolute Gasteiger partial charge is 0.507 e. The first-order valence-corrected chi connectivity index (χ1v) is 10.4. The monoisotopic (exact) mass is 452 g/mol. The summed E-state index contributed by atoms with van der Waals surface area (Å²) in [5, 5.41) is 28.5. The molecule has 0 radical (unpaired) electrons. The molecule has 1 aliphatic carbocycles. The molecule has 10 heteroatoms. The average molecular weight is 452 g/mol. The van der Waals surface area contributed by atoms with E-state index >= 15 is 0 Å². The molecule has 0 saturated carbocycles.